The van der Waals surface area contributed by atoms with Crippen molar-refractivity contribution in [3.63, 3.8) is 0 Å². The molecule has 0 aliphatic heterocycles. The first-order chi connectivity index (χ1) is 14.9. The SMILES string of the molecule is COC(=O)[C@@H](Cc1c[nH]c2ccccc12)n1c([C@@H](N)C(C)C)nc2ccccc2c1=O. The van der Waals surface area contributed by atoms with Crippen LogP contribution in [0.5, 0.6) is 0 Å². The van der Waals surface area contributed by atoms with Crippen molar-refractivity contribution in [2.24, 2.45) is 11.7 Å². The summed E-state index contributed by atoms with van der Waals surface area (Å²) in [4.78, 5) is 34.5. The Labute approximate surface area is 179 Å². The third kappa shape index (κ3) is 3.72. The van der Waals surface area contributed by atoms with Crippen LogP contribution in [0.3, 0.4) is 0 Å². The molecule has 0 unspecified atom stereocenters. The van der Waals surface area contributed by atoms with Gasteiger partial charge in [-0.15, -0.1) is 0 Å². The van der Waals surface area contributed by atoms with Gasteiger partial charge in [0.05, 0.1) is 24.1 Å². The van der Waals surface area contributed by atoms with Crippen LogP contribution >= 0.6 is 0 Å². The number of benzene rings is 2. The fraction of sp³-hybridized carbons (Fsp3) is 0.292. The molecule has 7 nitrogen and oxygen atoms in total. The second kappa shape index (κ2) is 8.35. The number of aromatic nitrogens is 3. The quantitative estimate of drug-likeness (QED) is 0.467. The number of para-hydroxylation sites is 2. The third-order valence-electron chi connectivity index (χ3n) is 5.72. The Bertz CT molecular complexity index is 1310. The lowest BCUT2D eigenvalue weighted by Gasteiger charge is -2.25. The lowest BCUT2D eigenvalue weighted by atomic mass is 10.0. The molecule has 2 aromatic carbocycles. The zero-order valence-electron chi connectivity index (χ0n) is 17.8. The van der Waals surface area contributed by atoms with Gasteiger partial charge in [0.25, 0.3) is 5.56 Å². The van der Waals surface area contributed by atoms with Gasteiger partial charge in [0.2, 0.25) is 0 Å². The smallest absolute Gasteiger partial charge is 0.329 e. The number of H-pyrrole nitrogens is 1. The molecule has 31 heavy (non-hydrogen) atoms. The highest BCUT2D eigenvalue weighted by atomic mass is 16.5. The molecule has 4 rings (SSSR count). The number of rotatable bonds is 6. The molecule has 4 aromatic rings. The second-order valence-corrected chi connectivity index (χ2v) is 8.03. The zero-order chi connectivity index (χ0) is 22.1. The number of carbonyl (C=O) groups excluding carboxylic acids is 1. The summed E-state index contributed by atoms with van der Waals surface area (Å²) in [5.74, 6) is -0.110. The van der Waals surface area contributed by atoms with Crippen LogP contribution in [0.1, 0.15) is 37.3 Å². The van der Waals surface area contributed by atoms with Crippen LogP contribution in [0, 0.1) is 5.92 Å². The Morgan fingerprint density at radius 1 is 1.13 bits per heavy atom. The summed E-state index contributed by atoms with van der Waals surface area (Å²) in [5.41, 5.74) is 8.60. The highest BCUT2D eigenvalue weighted by Gasteiger charge is 2.30. The van der Waals surface area contributed by atoms with Crippen molar-refractivity contribution < 1.29 is 9.53 Å². The van der Waals surface area contributed by atoms with E-state index < -0.39 is 18.1 Å². The van der Waals surface area contributed by atoms with Crippen molar-refractivity contribution in [1.29, 1.82) is 0 Å². The highest BCUT2D eigenvalue weighted by Crippen LogP contribution is 2.27. The van der Waals surface area contributed by atoms with Crippen molar-refractivity contribution in [3.05, 3.63) is 76.5 Å². The topological polar surface area (TPSA) is 103 Å². The molecule has 160 valence electrons. The fourth-order valence-electron chi connectivity index (χ4n) is 3.92. The number of nitrogens with one attached hydrogen (secondary N) is 1. The number of hydrogen-bond acceptors (Lipinski definition) is 5. The average Bonchev–Trinajstić information content (AvgIpc) is 3.19. The predicted octanol–water partition coefficient (Wildman–Crippen LogP) is 3.49. The molecule has 0 spiro atoms. The number of esters is 1. The van der Waals surface area contributed by atoms with E-state index in [1.165, 1.54) is 11.7 Å². The van der Waals surface area contributed by atoms with Crippen LogP contribution < -0.4 is 11.3 Å². The standard InChI is InChI=1S/C24H26N4O3/c1-14(2)21(25)22-27-19-11-7-5-9-17(19)23(29)28(22)20(24(30)31-3)12-15-13-26-18-10-6-4-8-16(15)18/h4-11,13-14,20-21,26H,12,25H2,1-3H3/t20-,21+/m1/s1. The molecule has 0 amide bonds. The maximum atomic E-state index is 13.6. The Balaban J connectivity index is 1.95. The third-order valence-corrected chi connectivity index (χ3v) is 5.72. The second-order valence-electron chi connectivity index (χ2n) is 8.03. The van der Waals surface area contributed by atoms with Gasteiger partial charge in [-0.2, -0.15) is 0 Å². The normalized spacial score (nSPS) is 13.6. The maximum absolute atomic E-state index is 13.6. The van der Waals surface area contributed by atoms with Crippen LogP contribution in [0.2, 0.25) is 0 Å². The van der Waals surface area contributed by atoms with Crippen LogP contribution in [0.4, 0.5) is 0 Å². The number of ether oxygens (including phenoxy) is 1. The van der Waals surface area contributed by atoms with E-state index in [1.54, 1.807) is 18.2 Å². The minimum Gasteiger partial charge on any atom is -0.467 e. The number of carbonyl (C=O) groups is 1. The summed E-state index contributed by atoms with van der Waals surface area (Å²) in [6.45, 7) is 3.92. The van der Waals surface area contributed by atoms with Crippen molar-refractivity contribution in [2.75, 3.05) is 7.11 Å². The summed E-state index contributed by atoms with van der Waals surface area (Å²) >= 11 is 0. The Kier molecular flexibility index (Phi) is 5.61. The average molecular weight is 418 g/mol. The molecule has 0 fully saturated rings. The largest absolute Gasteiger partial charge is 0.467 e. The Hall–Kier alpha value is -3.45. The number of nitrogens with two attached hydrogens (primary N) is 1. The van der Waals surface area contributed by atoms with Gasteiger partial charge in [-0.05, 0) is 29.7 Å². The van der Waals surface area contributed by atoms with Gasteiger partial charge >= 0.3 is 5.97 Å². The molecule has 2 heterocycles. The molecular formula is C24H26N4O3. The summed E-state index contributed by atoms with van der Waals surface area (Å²) < 4.78 is 6.54. The molecule has 0 bridgehead atoms. The summed E-state index contributed by atoms with van der Waals surface area (Å²) in [5, 5.41) is 1.43. The Morgan fingerprint density at radius 2 is 1.81 bits per heavy atom. The molecule has 3 N–H and O–H groups in total. The molecule has 0 aliphatic rings. The van der Waals surface area contributed by atoms with Crippen molar-refractivity contribution in [3.8, 4) is 0 Å². The molecule has 0 radical (unpaired) electrons. The summed E-state index contributed by atoms with van der Waals surface area (Å²) in [6, 6.07) is 13.5. The maximum Gasteiger partial charge on any atom is 0.329 e. The van der Waals surface area contributed by atoms with Gasteiger partial charge in [-0.1, -0.05) is 44.2 Å². The van der Waals surface area contributed by atoms with Crippen molar-refractivity contribution in [2.45, 2.75) is 32.4 Å². The van der Waals surface area contributed by atoms with Gasteiger partial charge in [0, 0.05) is 23.5 Å². The molecule has 2 aromatic heterocycles. The lowest BCUT2D eigenvalue weighted by Crippen LogP contribution is -2.38. The van der Waals surface area contributed by atoms with Crippen molar-refractivity contribution >= 4 is 27.8 Å². The van der Waals surface area contributed by atoms with E-state index >= 15 is 0 Å². The van der Waals surface area contributed by atoms with E-state index in [-0.39, 0.29) is 17.9 Å². The van der Waals surface area contributed by atoms with Gasteiger partial charge in [0.1, 0.15) is 11.9 Å². The highest BCUT2D eigenvalue weighted by molar-refractivity contribution is 5.84. The monoisotopic (exact) mass is 418 g/mol. The first kappa shape index (κ1) is 20.8. The van der Waals surface area contributed by atoms with Crippen LogP contribution in [0.25, 0.3) is 21.8 Å². The fourth-order valence-corrected chi connectivity index (χ4v) is 3.92. The van der Waals surface area contributed by atoms with Gasteiger partial charge in [-0.25, -0.2) is 9.78 Å². The van der Waals surface area contributed by atoms with E-state index in [2.05, 4.69) is 4.98 Å². The number of aromatic amines is 1. The number of methoxy groups -OCH3 is 1. The Morgan fingerprint density at radius 3 is 2.52 bits per heavy atom. The predicted molar refractivity (Wildman–Crippen MR) is 121 cm³/mol. The molecular weight excluding hydrogens is 392 g/mol. The van der Waals surface area contributed by atoms with Crippen LogP contribution in [-0.4, -0.2) is 27.6 Å². The van der Waals surface area contributed by atoms with E-state index in [0.29, 0.717) is 16.7 Å². The molecule has 0 saturated heterocycles. The first-order valence-corrected chi connectivity index (χ1v) is 10.3. The van der Waals surface area contributed by atoms with Crippen molar-refractivity contribution in [1.82, 2.24) is 14.5 Å². The van der Waals surface area contributed by atoms with Crippen LogP contribution in [0.15, 0.2) is 59.5 Å². The molecule has 2 atom stereocenters. The summed E-state index contributed by atoms with van der Waals surface area (Å²) in [6.07, 6.45) is 2.14. The van der Waals surface area contributed by atoms with Gasteiger partial charge in [-0.3, -0.25) is 9.36 Å². The van der Waals surface area contributed by atoms with Crippen LogP contribution in [-0.2, 0) is 16.0 Å². The van der Waals surface area contributed by atoms with E-state index in [1.807, 2.05) is 50.4 Å². The molecule has 7 heteroatoms. The van der Waals surface area contributed by atoms with E-state index in [4.69, 9.17) is 15.5 Å². The molecule has 0 saturated carbocycles. The number of nitrogens with zero attached hydrogens (tertiary/aromatic N) is 2. The summed E-state index contributed by atoms with van der Waals surface area (Å²) in [7, 11) is 1.33. The number of hydrogen-bond donors (Lipinski definition) is 2. The first-order valence-electron chi connectivity index (χ1n) is 10.3. The zero-order valence-corrected chi connectivity index (χ0v) is 17.8. The van der Waals surface area contributed by atoms with E-state index in [0.717, 1.165) is 16.5 Å². The minimum absolute atomic E-state index is 0.0192. The van der Waals surface area contributed by atoms with Gasteiger partial charge in [0.15, 0.2) is 0 Å². The van der Waals surface area contributed by atoms with E-state index in [9.17, 15) is 9.59 Å². The number of fused-ring (bicyclic) bond motifs is 2. The lowest BCUT2D eigenvalue weighted by molar-refractivity contribution is -0.144. The minimum atomic E-state index is -0.895. The van der Waals surface area contributed by atoms with Gasteiger partial charge < -0.3 is 15.5 Å². The molecule has 0 aliphatic carbocycles.